The fourth-order valence-electron chi connectivity index (χ4n) is 5.65. The van der Waals surface area contributed by atoms with E-state index in [0.717, 1.165) is 18.9 Å². The van der Waals surface area contributed by atoms with Gasteiger partial charge in [-0.25, -0.2) is 8.42 Å². The molecule has 8 nitrogen and oxygen atoms in total. The Morgan fingerprint density at radius 1 is 1.10 bits per heavy atom. The first-order valence-electron chi connectivity index (χ1n) is 13.6. The third-order valence-electron chi connectivity index (χ3n) is 7.94. The fraction of sp³-hybridized carbons (Fsp3) is 0.500. The molecule has 0 saturated carbocycles. The van der Waals surface area contributed by atoms with Gasteiger partial charge in [0.25, 0.3) is 5.91 Å². The second-order valence-corrected chi connectivity index (χ2v) is 13.8. The molecule has 42 heavy (non-hydrogen) atoms. The lowest BCUT2D eigenvalue weighted by Gasteiger charge is -2.38. The Balaban J connectivity index is 1.52. The van der Waals surface area contributed by atoms with E-state index in [-0.39, 0.29) is 68.3 Å². The molecule has 2 aliphatic heterocycles. The molecule has 2 fully saturated rings. The van der Waals surface area contributed by atoms with Gasteiger partial charge in [0.2, 0.25) is 5.91 Å². The van der Waals surface area contributed by atoms with Crippen molar-refractivity contribution in [3.8, 4) is 0 Å². The number of carbonyl (C=O) groups is 2. The molecule has 3 N–H and O–H groups in total. The summed E-state index contributed by atoms with van der Waals surface area (Å²) < 4.78 is 67.7. The Kier molecular flexibility index (Phi) is 10.1. The van der Waals surface area contributed by atoms with Gasteiger partial charge in [-0.15, -0.1) is 0 Å². The standard InChI is InChI=1S/C28H33Cl2F3N4O4S/c1-2-42(40,41)25-6-5-20(29)10-19(25)13-35-27(39)18-11-23(28(31,32)33)22(24(30)12-18)16-36-8-3-4-21(15-36)37-9-7-17(14-37)26(34)38/h5-6,10-12,17,21H,2-4,7-9,13-16H2,1H3,(H2,34,38)(H,35,39)/t17-,21+/m1/s1. The van der Waals surface area contributed by atoms with Gasteiger partial charge < -0.3 is 11.1 Å². The minimum Gasteiger partial charge on any atom is -0.369 e. The van der Waals surface area contributed by atoms with E-state index < -0.39 is 27.5 Å². The number of alkyl halides is 3. The van der Waals surface area contributed by atoms with Gasteiger partial charge >= 0.3 is 6.18 Å². The zero-order chi connectivity index (χ0) is 30.8. The van der Waals surface area contributed by atoms with Crippen LogP contribution in [0.2, 0.25) is 10.0 Å². The Hall–Kier alpha value is -2.38. The fourth-order valence-corrected chi connectivity index (χ4v) is 7.24. The number of primary amides is 1. The Morgan fingerprint density at radius 3 is 2.48 bits per heavy atom. The van der Waals surface area contributed by atoms with Gasteiger partial charge in [-0.05, 0) is 73.8 Å². The predicted octanol–water partition coefficient (Wildman–Crippen LogP) is 4.51. The van der Waals surface area contributed by atoms with Crippen LogP contribution in [0.15, 0.2) is 35.2 Å². The number of amides is 2. The average Bonchev–Trinajstić information content (AvgIpc) is 3.43. The maximum atomic E-state index is 14.2. The first-order valence-corrected chi connectivity index (χ1v) is 16.0. The van der Waals surface area contributed by atoms with Crippen LogP contribution in [0, 0.1) is 5.92 Å². The van der Waals surface area contributed by atoms with Crippen LogP contribution in [0.1, 0.15) is 53.2 Å². The predicted molar refractivity (Wildman–Crippen MR) is 154 cm³/mol. The maximum Gasteiger partial charge on any atom is 0.416 e. The molecule has 0 aliphatic carbocycles. The molecule has 0 radical (unpaired) electrons. The molecule has 0 spiro atoms. The van der Waals surface area contributed by atoms with Crippen molar-refractivity contribution in [1.82, 2.24) is 15.1 Å². The lowest BCUT2D eigenvalue weighted by Crippen LogP contribution is -2.47. The highest BCUT2D eigenvalue weighted by Crippen LogP contribution is 2.37. The Morgan fingerprint density at radius 2 is 1.83 bits per heavy atom. The van der Waals surface area contributed by atoms with Crippen molar-refractivity contribution >= 4 is 44.9 Å². The Labute approximate surface area is 253 Å². The van der Waals surface area contributed by atoms with Crippen molar-refractivity contribution in [3.63, 3.8) is 0 Å². The number of nitrogens with one attached hydrogen (secondary N) is 1. The number of likely N-dealkylation sites (tertiary alicyclic amines) is 2. The number of hydrogen-bond acceptors (Lipinski definition) is 6. The first kappa shape index (κ1) is 32.5. The van der Waals surface area contributed by atoms with E-state index in [1.54, 1.807) is 0 Å². The molecule has 2 amide bonds. The van der Waals surface area contributed by atoms with Crippen molar-refractivity contribution in [2.45, 2.75) is 56.4 Å². The van der Waals surface area contributed by atoms with Crippen LogP contribution in [0.25, 0.3) is 0 Å². The van der Waals surface area contributed by atoms with Crippen molar-refractivity contribution < 1.29 is 31.2 Å². The number of sulfone groups is 1. The van der Waals surface area contributed by atoms with Crippen LogP contribution in [-0.4, -0.2) is 68.0 Å². The molecule has 2 atom stereocenters. The molecular formula is C28H33Cl2F3N4O4S. The van der Waals surface area contributed by atoms with Gasteiger partial charge in [0.1, 0.15) is 0 Å². The van der Waals surface area contributed by atoms with Crippen LogP contribution in [0.4, 0.5) is 13.2 Å². The summed E-state index contributed by atoms with van der Waals surface area (Å²) in [6.45, 7) is 3.52. The van der Waals surface area contributed by atoms with Gasteiger partial charge in [-0.1, -0.05) is 30.1 Å². The van der Waals surface area contributed by atoms with Crippen LogP contribution >= 0.6 is 23.2 Å². The summed E-state index contributed by atoms with van der Waals surface area (Å²) >= 11 is 12.4. The molecule has 230 valence electrons. The number of carbonyl (C=O) groups excluding carboxylic acids is 2. The highest BCUT2D eigenvalue weighted by atomic mass is 35.5. The number of rotatable bonds is 9. The zero-order valence-corrected chi connectivity index (χ0v) is 25.3. The lowest BCUT2D eigenvalue weighted by atomic mass is 9.99. The molecule has 2 aliphatic rings. The molecule has 2 saturated heterocycles. The number of hydrogen-bond donors (Lipinski definition) is 2. The van der Waals surface area contributed by atoms with Gasteiger partial charge in [0.15, 0.2) is 9.84 Å². The molecule has 0 bridgehead atoms. The quantitative estimate of drug-likeness (QED) is 0.414. The summed E-state index contributed by atoms with van der Waals surface area (Å²) in [4.78, 5) is 28.6. The third kappa shape index (κ3) is 7.57. The highest BCUT2D eigenvalue weighted by Gasteiger charge is 2.37. The number of nitrogens with zero attached hydrogens (tertiary/aromatic N) is 2. The summed E-state index contributed by atoms with van der Waals surface area (Å²) in [7, 11) is -3.63. The second-order valence-electron chi connectivity index (χ2n) is 10.7. The zero-order valence-electron chi connectivity index (χ0n) is 23.0. The van der Waals surface area contributed by atoms with E-state index in [1.807, 2.05) is 4.90 Å². The number of halogens is 5. The SMILES string of the molecule is CCS(=O)(=O)c1ccc(Cl)cc1CNC(=O)c1cc(Cl)c(CN2CCC[C@H](N3CC[C@@H](C(N)=O)C3)C2)c(C(F)(F)F)c1. The molecular weight excluding hydrogens is 616 g/mol. The largest absolute Gasteiger partial charge is 0.416 e. The first-order chi connectivity index (χ1) is 19.7. The van der Waals surface area contributed by atoms with E-state index in [9.17, 15) is 31.2 Å². The van der Waals surface area contributed by atoms with E-state index in [1.165, 1.54) is 31.2 Å². The maximum absolute atomic E-state index is 14.2. The molecule has 0 unspecified atom stereocenters. The van der Waals surface area contributed by atoms with Crippen molar-refractivity contribution in [2.24, 2.45) is 11.7 Å². The summed E-state index contributed by atoms with van der Waals surface area (Å²) in [5.74, 6) is -1.57. The summed E-state index contributed by atoms with van der Waals surface area (Å²) in [6.07, 6.45) is -2.45. The van der Waals surface area contributed by atoms with Gasteiger partial charge in [-0.3, -0.25) is 19.4 Å². The van der Waals surface area contributed by atoms with Crippen LogP contribution in [0.5, 0.6) is 0 Å². The highest BCUT2D eigenvalue weighted by molar-refractivity contribution is 7.91. The molecule has 4 rings (SSSR count). The van der Waals surface area contributed by atoms with Crippen LogP contribution in [-0.2, 0) is 33.9 Å². The monoisotopic (exact) mass is 648 g/mol. The van der Waals surface area contributed by atoms with Crippen LogP contribution in [0.3, 0.4) is 0 Å². The minimum atomic E-state index is -4.77. The number of benzene rings is 2. The van der Waals surface area contributed by atoms with Gasteiger partial charge in [0, 0.05) is 47.8 Å². The number of piperidine rings is 1. The Bertz CT molecular complexity index is 1460. The molecule has 0 aromatic heterocycles. The number of nitrogens with two attached hydrogens (primary N) is 1. The van der Waals surface area contributed by atoms with Crippen molar-refractivity contribution in [2.75, 3.05) is 31.9 Å². The van der Waals surface area contributed by atoms with Gasteiger partial charge in [-0.2, -0.15) is 13.2 Å². The van der Waals surface area contributed by atoms with E-state index in [2.05, 4.69) is 10.2 Å². The minimum absolute atomic E-state index is 0.0158. The summed E-state index contributed by atoms with van der Waals surface area (Å²) in [6, 6.07) is 6.20. The topological polar surface area (TPSA) is 113 Å². The molecule has 14 heteroatoms. The van der Waals surface area contributed by atoms with E-state index >= 15 is 0 Å². The molecule has 2 aromatic carbocycles. The molecule has 2 heterocycles. The van der Waals surface area contributed by atoms with Crippen molar-refractivity contribution in [1.29, 1.82) is 0 Å². The lowest BCUT2D eigenvalue weighted by molar-refractivity contribution is -0.138. The normalized spacial score (nSPS) is 20.5. The smallest absolute Gasteiger partial charge is 0.369 e. The van der Waals surface area contributed by atoms with Crippen molar-refractivity contribution in [3.05, 3.63) is 62.6 Å². The van der Waals surface area contributed by atoms with Crippen LogP contribution < -0.4 is 11.1 Å². The average molecular weight is 650 g/mol. The van der Waals surface area contributed by atoms with E-state index in [4.69, 9.17) is 28.9 Å². The third-order valence-corrected chi connectivity index (χ3v) is 10.3. The second kappa shape index (κ2) is 13.1. The van der Waals surface area contributed by atoms with Gasteiger partial charge in [0.05, 0.1) is 22.1 Å². The van der Waals surface area contributed by atoms with E-state index in [0.29, 0.717) is 32.6 Å². The molecule has 2 aromatic rings. The summed E-state index contributed by atoms with van der Waals surface area (Å²) in [5, 5.41) is 2.56. The summed E-state index contributed by atoms with van der Waals surface area (Å²) in [5.41, 5.74) is 4.25.